The van der Waals surface area contributed by atoms with Gasteiger partial charge in [-0.15, -0.1) is 0 Å². The molecule has 1 atom stereocenters. The molecule has 0 aliphatic heterocycles. The van der Waals surface area contributed by atoms with Crippen molar-refractivity contribution in [1.82, 2.24) is 15.3 Å². The van der Waals surface area contributed by atoms with E-state index in [-0.39, 0.29) is 17.8 Å². The van der Waals surface area contributed by atoms with Crippen molar-refractivity contribution in [3.63, 3.8) is 0 Å². The average Bonchev–Trinajstić information content (AvgIpc) is 2.53. The number of hydrogen-bond donors (Lipinski definition) is 3. The van der Waals surface area contributed by atoms with Crippen LogP contribution >= 0.6 is 0 Å². The fourth-order valence-electron chi connectivity index (χ4n) is 1.33. The van der Waals surface area contributed by atoms with Gasteiger partial charge in [-0.25, -0.2) is 4.98 Å². The van der Waals surface area contributed by atoms with Crippen LogP contribution < -0.4 is 5.32 Å². The molecule has 5 N–H and O–H groups in total. The highest BCUT2D eigenvalue weighted by Crippen LogP contribution is 2.02. The monoisotopic (exact) mass is 229 g/mol. The molecule has 1 amide bonds. The number of aromatic nitrogens is 2. The topological polar surface area (TPSA) is 127 Å². The molecule has 0 bridgehead atoms. The first-order valence-corrected chi connectivity index (χ1v) is 4.54. The lowest BCUT2D eigenvalue weighted by atomic mass is 10.1. The van der Waals surface area contributed by atoms with Crippen LogP contribution in [0.5, 0.6) is 0 Å². The summed E-state index contributed by atoms with van der Waals surface area (Å²) in [6, 6.07) is -0.402. The molecule has 7 heteroatoms. The van der Waals surface area contributed by atoms with Gasteiger partial charge in [-0.1, -0.05) is 0 Å². The van der Waals surface area contributed by atoms with Crippen LogP contribution in [0.2, 0.25) is 0 Å². The molecule has 0 radical (unpaired) electrons. The lowest BCUT2D eigenvalue weighted by molar-refractivity contribution is -0.137. The van der Waals surface area contributed by atoms with Gasteiger partial charge in [-0.2, -0.15) is 0 Å². The minimum Gasteiger partial charge on any atom is -0.481 e. The van der Waals surface area contributed by atoms with Crippen molar-refractivity contribution >= 4 is 11.9 Å². The number of rotatable bonds is 5. The van der Waals surface area contributed by atoms with Crippen LogP contribution in [0.15, 0.2) is 12.5 Å². The first kappa shape index (κ1) is 14.1. The third-order valence-corrected chi connectivity index (χ3v) is 1.85. The number of nitrogens with zero attached hydrogens (tertiary/aromatic N) is 1. The SMILES string of the molecule is CC(=O)N[C@H](CC(=O)O)Cc1cnc[nH]1.O. The largest absolute Gasteiger partial charge is 0.481 e. The highest BCUT2D eigenvalue weighted by Gasteiger charge is 2.15. The van der Waals surface area contributed by atoms with Crippen LogP contribution in [-0.4, -0.2) is 38.5 Å². The van der Waals surface area contributed by atoms with E-state index >= 15 is 0 Å². The second-order valence-corrected chi connectivity index (χ2v) is 3.28. The first-order chi connectivity index (χ1) is 7.08. The van der Waals surface area contributed by atoms with Crippen molar-refractivity contribution in [1.29, 1.82) is 0 Å². The third-order valence-electron chi connectivity index (χ3n) is 1.85. The second-order valence-electron chi connectivity index (χ2n) is 3.28. The van der Waals surface area contributed by atoms with Gasteiger partial charge in [-0.3, -0.25) is 9.59 Å². The molecular weight excluding hydrogens is 214 g/mol. The number of hydrogen-bond acceptors (Lipinski definition) is 3. The summed E-state index contributed by atoms with van der Waals surface area (Å²) in [4.78, 5) is 28.1. The summed E-state index contributed by atoms with van der Waals surface area (Å²) in [7, 11) is 0. The van der Waals surface area contributed by atoms with Crippen molar-refractivity contribution in [3.8, 4) is 0 Å². The lowest BCUT2D eigenvalue weighted by Gasteiger charge is -2.14. The van der Waals surface area contributed by atoms with Gasteiger partial charge in [-0.05, 0) is 0 Å². The highest BCUT2D eigenvalue weighted by molar-refractivity contribution is 5.74. The van der Waals surface area contributed by atoms with Crippen LogP contribution in [0.3, 0.4) is 0 Å². The van der Waals surface area contributed by atoms with Crippen LogP contribution in [-0.2, 0) is 16.0 Å². The number of H-pyrrole nitrogens is 1. The number of aromatic amines is 1. The van der Waals surface area contributed by atoms with E-state index in [1.165, 1.54) is 13.3 Å². The number of nitrogens with one attached hydrogen (secondary N) is 2. The molecule has 0 saturated carbocycles. The Bertz CT molecular complexity index is 321. The van der Waals surface area contributed by atoms with Crippen LogP contribution in [0.1, 0.15) is 19.0 Å². The number of carbonyl (C=O) groups excluding carboxylic acids is 1. The van der Waals surface area contributed by atoms with Gasteiger partial charge in [0.1, 0.15) is 0 Å². The summed E-state index contributed by atoms with van der Waals surface area (Å²) >= 11 is 0. The predicted molar refractivity (Wildman–Crippen MR) is 55.8 cm³/mol. The third kappa shape index (κ3) is 5.11. The summed E-state index contributed by atoms with van der Waals surface area (Å²) in [6.45, 7) is 1.36. The molecule has 1 rings (SSSR count). The molecule has 0 aliphatic rings. The summed E-state index contributed by atoms with van der Waals surface area (Å²) in [5.74, 6) is -1.17. The molecule has 7 nitrogen and oxygen atoms in total. The summed E-state index contributed by atoms with van der Waals surface area (Å²) < 4.78 is 0. The number of aliphatic carboxylic acids is 1. The molecule has 1 aromatic rings. The maximum absolute atomic E-state index is 10.8. The Morgan fingerprint density at radius 1 is 1.62 bits per heavy atom. The fraction of sp³-hybridized carbons (Fsp3) is 0.444. The Morgan fingerprint density at radius 2 is 2.31 bits per heavy atom. The normalized spacial score (nSPS) is 11.3. The zero-order valence-corrected chi connectivity index (χ0v) is 8.86. The van der Waals surface area contributed by atoms with Crippen molar-refractivity contribution in [3.05, 3.63) is 18.2 Å². The van der Waals surface area contributed by atoms with Gasteiger partial charge in [0.25, 0.3) is 0 Å². The zero-order chi connectivity index (χ0) is 11.3. The summed E-state index contributed by atoms with van der Waals surface area (Å²) in [6.07, 6.45) is 3.46. The Labute approximate surface area is 92.2 Å². The van der Waals surface area contributed by atoms with E-state index in [9.17, 15) is 9.59 Å². The number of carboxylic acids is 1. The number of carbonyl (C=O) groups is 2. The fourth-order valence-corrected chi connectivity index (χ4v) is 1.33. The average molecular weight is 229 g/mol. The van der Waals surface area contributed by atoms with Crippen molar-refractivity contribution in [2.24, 2.45) is 0 Å². The van der Waals surface area contributed by atoms with Crippen LogP contribution in [0, 0.1) is 0 Å². The quantitative estimate of drug-likeness (QED) is 0.605. The lowest BCUT2D eigenvalue weighted by Crippen LogP contribution is -2.36. The minimum atomic E-state index is -0.937. The predicted octanol–water partition coefficient (Wildman–Crippen LogP) is -0.893. The molecule has 16 heavy (non-hydrogen) atoms. The van der Waals surface area contributed by atoms with E-state index in [1.54, 1.807) is 6.20 Å². The second kappa shape index (κ2) is 6.57. The molecular formula is C9H15N3O4. The van der Waals surface area contributed by atoms with E-state index in [1.807, 2.05) is 0 Å². The maximum Gasteiger partial charge on any atom is 0.305 e. The molecule has 0 unspecified atom stereocenters. The van der Waals surface area contributed by atoms with Crippen LogP contribution in [0.25, 0.3) is 0 Å². The van der Waals surface area contributed by atoms with Crippen molar-refractivity contribution in [2.45, 2.75) is 25.8 Å². The summed E-state index contributed by atoms with van der Waals surface area (Å²) in [5.41, 5.74) is 0.801. The number of imidazole rings is 1. The molecule has 0 saturated heterocycles. The van der Waals surface area contributed by atoms with E-state index in [0.29, 0.717) is 6.42 Å². The van der Waals surface area contributed by atoms with Gasteiger partial charge in [0, 0.05) is 31.3 Å². The molecule has 0 aliphatic carbocycles. The molecule has 0 aromatic carbocycles. The number of carboxylic acid groups (broad SMARTS) is 1. The highest BCUT2D eigenvalue weighted by atomic mass is 16.4. The Kier molecular flexibility index (Phi) is 5.79. The van der Waals surface area contributed by atoms with Crippen molar-refractivity contribution in [2.75, 3.05) is 0 Å². The van der Waals surface area contributed by atoms with E-state index < -0.39 is 12.0 Å². The molecule has 90 valence electrons. The Balaban J connectivity index is 0.00000225. The number of amides is 1. The Hall–Kier alpha value is -1.89. The van der Waals surface area contributed by atoms with E-state index in [2.05, 4.69) is 15.3 Å². The molecule has 1 heterocycles. The first-order valence-electron chi connectivity index (χ1n) is 4.54. The standard InChI is InChI=1S/C9H13N3O3.H2O/c1-6(13)12-7(3-9(14)15)2-8-4-10-5-11-8;/h4-5,7H,2-3H2,1H3,(H,10,11)(H,12,13)(H,14,15);1H2/t7-;/m0./s1. The maximum atomic E-state index is 10.8. The zero-order valence-electron chi connectivity index (χ0n) is 8.86. The molecule has 0 spiro atoms. The van der Waals surface area contributed by atoms with Crippen LogP contribution in [0.4, 0.5) is 0 Å². The summed E-state index contributed by atoms with van der Waals surface area (Å²) in [5, 5.41) is 11.2. The van der Waals surface area contributed by atoms with Gasteiger partial charge < -0.3 is 20.9 Å². The van der Waals surface area contributed by atoms with E-state index in [0.717, 1.165) is 5.69 Å². The molecule has 1 aromatic heterocycles. The van der Waals surface area contributed by atoms with Gasteiger partial charge in [0.15, 0.2) is 0 Å². The minimum absolute atomic E-state index is 0. The van der Waals surface area contributed by atoms with Gasteiger partial charge in [0.2, 0.25) is 5.91 Å². The smallest absolute Gasteiger partial charge is 0.305 e. The van der Waals surface area contributed by atoms with Gasteiger partial charge >= 0.3 is 5.97 Å². The van der Waals surface area contributed by atoms with E-state index in [4.69, 9.17) is 5.11 Å². The molecule has 0 fully saturated rings. The Morgan fingerprint density at radius 3 is 2.75 bits per heavy atom. The van der Waals surface area contributed by atoms with Gasteiger partial charge in [0.05, 0.1) is 12.7 Å². The van der Waals surface area contributed by atoms with Crippen molar-refractivity contribution < 1.29 is 20.2 Å².